The summed E-state index contributed by atoms with van der Waals surface area (Å²) in [6.07, 6.45) is 4.71. The van der Waals surface area contributed by atoms with Crippen molar-refractivity contribution in [3.63, 3.8) is 0 Å². The molecule has 5 nitrogen and oxygen atoms in total. The summed E-state index contributed by atoms with van der Waals surface area (Å²) in [6, 6.07) is 9.92. The van der Waals surface area contributed by atoms with Crippen LogP contribution in [0.2, 0.25) is 0 Å². The largest absolute Gasteiger partial charge is 0.471 e. The zero-order valence-electron chi connectivity index (χ0n) is 21.9. The van der Waals surface area contributed by atoms with Crippen LogP contribution in [-0.4, -0.2) is 53.2 Å². The smallest absolute Gasteiger partial charge is 0.460 e. The first-order valence-corrected chi connectivity index (χ1v) is 13.0. The molecule has 0 heterocycles. The molecule has 0 aliphatic heterocycles. The molecule has 2 saturated carbocycles. The molecule has 8 heteroatoms. The van der Waals surface area contributed by atoms with Crippen LogP contribution in [-0.2, 0) is 14.3 Å². The van der Waals surface area contributed by atoms with Gasteiger partial charge >= 0.3 is 18.1 Å². The second-order valence-electron chi connectivity index (χ2n) is 10.5. The van der Waals surface area contributed by atoms with Gasteiger partial charge in [0.15, 0.2) is 0 Å². The number of rotatable bonds is 8. The third-order valence-corrected chi connectivity index (χ3v) is 6.04. The minimum Gasteiger partial charge on any atom is -0.460 e. The fraction of sp³-hybridized carbons (Fsp3) is 0.643. The molecular formula is C28H41F3N2O3. The second kappa shape index (κ2) is 13.8. The normalized spacial score (nSPS) is 20.4. The first kappa shape index (κ1) is 29.9. The summed E-state index contributed by atoms with van der Waals surface area (Å²) >= 11 is 0. The van der Waals surface area contributed by atoms with Crippen LogP contribution < -0.4 is 5.32 Å². The fourth-order valence-electron chi connectivity index (χ4n) is 4.28. The van der Waals surface area contributed by atoms with E-state index >= 15 is 0 Å². The van der Waals surface area contributed by atoms with Crippen molar-refractivity contribution < 1.29 is 27.5 Å². The summed E-state index contributed by atoms with van der Waals surface area (Å²) in [5.41, 5.74) is 0.774. The molecule has 0 bridgehead atoms. The van der Waals surface area contributed by atoms with Crippen LogP contribution in [0.1, 0.15) is 84.6 Å². The molecule has 1 aromatic carbocycles. The number of hydrogen-bond donors (Lipinski definition) is 1. The molecule has 2 fully saturated rings. The minimum absolute atomic E-state index is 0.163. The molecular weight excluding hydrogens is 469 g/mol. The Balaban J connectivity index is 0.000000380. The number of esters is 1. The Morgan fingerprint density at radius 2 is 1.56 bits per heavy atom. The van der Waals surface area contributed by atoms with Crippen molar-refractivity contribution in [3.05, 3.63) is 42.0 Å². The van der Waals surface area contributed by atoms with Gasteiger partial charge in [-0.3, -0.25) is 9.59 Å². The second-order valence-corrected chi connectivity index (χ2v) is 10.5. The van der Waals surface area contributed by atoms with E-state index in [-0.39, 0.29) is 30.5 Å². The summed E-state index contributed by atoms with van der Waals surface area (Å²) in [7, 11) is 0. The lowest BCUT2D eigenvalue weighted by atomic mass is 9.89. The highest BCUT2D eigenvalue weighted by atomic mass is 19.4. The number of allylic oxidation sites excluding steroid dienone is 1. The maximum atomic E-state index is 12.8. The molecule has 0 unspecified atom stereocenters. The maximum Gasteiger partial charge on any atom is 0.471 e. The predicted molar refractivity (Wildman–Crippen MR) is 136 cm³/mol. The van der Waals surface area contributed by atoms with Crippen LogP contribution in [0.3, 0.4) is 0 Å². The van der Waals surface area contributed by atoms with Crippen molar-refractivity contribution in [3.8, 4) is 0 Å². The summed E-state index contributed by atoms with van der Waals surface area (Å²) in [5.74, 6) is -1.96. The van der Waals surface area contributed by atoms with Gasteiger partial charge < -0.3 is 15.0 Å². The molecule has 0 spiro atoms. The summed E-state index contributed by atoms with van der Waals surface area (Å²) in [5, 5.41) is 3.28. The molecule has 202 valence electrons. The number of carbonyl (C=O) groups is 2. The van der Waals surface area contributed by atoms with E-state index in [0.717, 1.165) is 11.3 Å². The maximum absolute atomic E-state index is 12.8. The van der Waals surface area contributed by atoms with E-state index in [9.17, 15) is 22.8 Å². The lowest BCUT2D eigenvalue weighted by molar-refractivity contribution is -0.189. The van der Waals surface area contributed by atoms with Gasteiger partial charge in [0.1, 0.15) is 5.60 Å². The van der Waals surface area contributed by atoms with Crippen LogP contribution in [0.4, 0.5) is 13.2 Å². The highest BCUT2D eigenvalue weighted by molar-refractivity contribution is 5.82. The number of halogens is 3. The Labute approximate surface area is 213 Å². The van der Waals surface area contributed by atoms with E-state index in [1.165, 1.54) is 5.56 Å². The molecule has 0 aromatic heterocycles. The van der Waals surface area contributed by atoms with E-state index in [0.29, 0.717) is 45.1 Å². The van der Waals surface area contributed by atoms with Gasteiger partial charge in [0.25, 0.3) is 0 Å². The molecule has 1 aromatic rings. The van der Waals surface area contributed by atoms with Gasteiger partial charge in [0, 0.05) is 24.7 Å². The molecule has 2 aliphatic carbocycles. The molecule has 1 amide bonds. The molecule has 0 radical (unpaired) electrons. The van der Waals surface area contributed by atoms with Crippen LogP contribution in [0.25, 0.3) is 6.08 Å². The van der Waals surface area contributed by atoms with E-state index in [1.807, 2.05) is 26.8 Å². The van der Waals surface area contributed by atoms with Gasteiger partial charge in [-0.15, -0.1) is 0 Å². The topological polar surface area (TPSA) is 58.6 Å². The number of benzene rings is 1. The monoisotopic (exact) mass is 510 g/mol. The summed E-state index contributed by atoms with van der Waals surface area (Å²) in [4.78, 5) is 24.5. The van der Waals surface area contributed by atoms with Crippen molar-refractivity contribution in [2.24, 2.45) is 0 Å². The first-order chi connectivity index (χ1) is 16.9. The highest BCUT2D eigenvalue weighted by Crippen LogP contribution is 2.36. The van der Waals surface area contributed by atoms with Crippen LogP contribution in [0.15, 0.2) is 36.4 Å². The third-order valence-electron chi connectivity index (χ3n) is 6.04. The number of nitrogens with one attached hydrogen (secondary N) is 1. The van der Waals surface area contributed by atoms with Gasteiger partial charge in [-0.25, -0.2) is 0 Å². The Kier molecular flexibility index (Phi) is 11.5. The number of carbonyl (C=O) groups excluding carboxylic acids is 2. The number of alkyl halides is 3. The van der Waals surface area contributed by atoms with Gasteiger partial charge in [0.2, 0.25) is 0 Å². The number of hydrogen-bond acceptors (Lipinski definition) is 4. The summed E-state index contributed by atoms with van der Waals surface area (Å²) < 4.78 is 43.7. The van der Waals surface area contributed by atoms with Gasteiger partial charge in [-0.2, -0.15) is 13.2 Å². The zero-order chi connectivity index (χ0) is 26.8. The molecule has 2 aliphatic rings. The quantitative estimate of drug-likeness (QED) is 0.418. The molecule has 0 atom stereocenters. The lowest BCUT2D eigenvalue weighted by Gasteiger charge is -2.37. The zero-order valence-corrected chi connectivity index (χ0v) is 21.9. The van der Waals surface area contributed by atoms with E-state index in [2.05, 4.69) is 48.7 Å². The van der Waals surface area contributed by atoms with E-state index in [1.54, 1.807) is 0 Å². The van der Waals surface area contributed by atoms with Crippen molar-refractivity contribution in [2.75, 3.05) is 6.54 Å². The van der Waals surface area contributed by atoms with Crippen molar-refractivity contribution in [1.82, 2.24) is 10.2 Å². The lowest BCUT2D eigenvalue weighted by Crippen LogP contribution is -2.50. The van der Waals surface area contributed by atoms with E-state index < -0.39 is 17.7 Å². The van der Waals surface area contributed by atoms with Crippen molar-refractivity contribution in [1.29, 1.82) is 0 Å². The Bertz CT molecular complexity index is 838. The van der Waals surface area contributed by atoms with Crippen LogP contribution in [0, 0.1) is 0 Å². The standard InChI is InChI=1S/C18H29F3N2O3.C10H12/c1-17(2,3)26-15(24)10-11-22-12-4-6-13(7-5-12)23(14-8-9-14)16(25)18(19,20)21;1-2-3-7-10-8-5-4-6-9-10/h12-14,22H,4-11H2,1-3H3;3-9H,2H2,1H3/b;7-3-. The predicted octanol–water partition coefficient (Wildman–Crippen LogP) is 6.28. The molecule has 3 rings (SSSR count). The Hall–Kier alpha value is -2.35. The SMILES string of the molecule is CC(C)(C)OC(=O)CCNC1CCC(N(C(=O)C(F)(F)F)C2CC2)CC1.CC/C=C\c1ccccc1. The van der Waals surface area contributed by atoms with Crippen LogP contribution in [0.5, 0.6) is 0 Å². The average Bonchev–Trinajstić information content (AvgIpc) is 3.63. The first-order valence-electron chi connectivity index (χ1n) is 13.0. The van der Waals surface area contributed by atoms with E-state index in [4.69, 9.17) is 4.74 Å². The number of amides is 1. The molecule has 36 heavy (non-hydrogen) atoms. The third kappa shape index (κ3) is 11.1. The Morgan fingerprint density at radius 3 is 2.03 bits per heavy atom. The summed E-state index contributed by atoms with van der Waals surface area (Å²) in [6.45, 7) is 8.06. The van der Waals surface area contributed by atoms with Gasteiger partial charge in [-0.1, -0.05) is 49.4 Å². The van der Waals surface area contributed by atoms with Gasteiger partial charge in [-0.05, 0) is 71.3 Å². The van der Waals surface area contributed by atoms with Gasteiger partial charge in [0.05, 0.1) is 6.42 Å². The fourth-order valence-corrected chi connectivity index (χ4v) is 4.28. The molecule has 0 saturated heterocycles. The van der Waals surface area contributed by atoms with Crippen molar-refractivity contribution >= 4 is 18.0 Å². The van der Waals surface area contributed by atoms with Crippen molar-refractivity contribution in [2.45, 2.75) is 109 Å². The minimum atomic E-state index is -4.80. The molecule has 1 N–H and O–H groups in total. The Morgan fingerprint density at radius 1 is 1.00 bits per heavy atom. The number of nitrogens with zero attached hydrogens (tertiary/aromatic N) is 1. The highest BCUT2D eigenvalue weighted by Gasteiger charge is 2.49. The average molecular weight is 511 g/mol. The number of ether oxygens (including phenoxy) is 1. The van der Waals surface area contributed by atoms with Crippen LogP contribution >= 0.6 is 0 Å².